The van der Waals surface area contributed by atoms with Crippen LogP contribution in [0.15, 0.2) is 84.9 Å². The van der Waals surface area contributed by atoms with Crippen LogP contribution in [0.4, 0.5) is 0 Å². The van der Waals surface area contributed by atoms with Crippen molar-refractivity contribution in [2.75, 3.05) is 0 Å². The molecule has 0 nitrogen and oxygen atoms in total. The maximum atomic E-state index is 2.39. The van der Waals surface area contributed by atoms with Gasteiger partial charge in [-0.15, -0.1) is 0 Å². The molecule has 0 saturated heterocycles. The summed E-state index contributed by atoms with van der Waals surface area (Å²) in [5.74, 6) is 0. The molecule has 136 valence electrons. The molecule has 0 heterocycles. The first-order chi connectivity index (χ1) is 14.4. The second kappa shape index (κ2) is 5.58. The number of rotatable bonds is 0. The van der Waals surface area contributed by atoms with Gasteiger partial charge in [0.2, 0.25) is 0 Å². The zero-order valence-electron chi connectivity index (χ0n) is 16.2. The van der Waals surface area contributed by atoms with Crippen LogP contribution in [0, 0.1) is 0 Å². The largest absolute Gasteiger partial charge is 0.0616 e. The molecule has 0 radical (unpaired) electrons. The van der Waals surface area contributed by atoms with E-state index in [2.05, 4.69) is 84.9 Å². The molecule has 0 unspecified atom stereocenters. The topological polar surface area (TPSA) is 0 Å². The third kappa shape index (κ3) is 2.09. The number of fused-ring (bicyclic) bond motifs is 10. The van der Waals surface area contributed by atoms with E-state index in [1.165, 1.54) is 60.5 Å². The average Bonchev–Trinajstić information content (AvgIpc) is 3.17. The SMILES string of the molecule is c1ccc2c3c(ccc2c1)Cc1ccc2c(c1C3)-c1c(ccc3ccccc13)C2. The summed E-state index contributed by atoms with van der Waals surface area (Å²) in [4.78, 5) is 0. The van der Waals surface area contributed by atoms with Crippen molar-refractivity contribution in [2.24, 2.45) is 0 Å². The molecule has 2 aliphatic carbocycles. The summed E-state index contributed by atoms with van der Waals surface area (Å²) < 4.78 is 0. The van der Waals surface area contributed by atoms with Crippen molar-refractivity contribution in [1.29, 1.82) is 0 Å². The van der Waals surface area contributed by atoms with E-state index < -0.39 is 0 Å². The Morgan fingerprint density at radius 1 is 0.379 bits per heavy atom. The highest BCUT2D eigenvalue weighted by molar-refractivity contribution is 6.02. The van der Waals surface area contributed by atoms with Crippen molar-refractivity contribution < 1.29 is 0 Å². The standard InChI is InChI=1S/C29H20/c1-3-7-24-18(5-1)9-11-20-15-21-12-14-23-16-22-13-10-19-6-2-4-8-25(19)28(22)29(23)27(21)17-26(20)24/h1-14H,15-17H2. The van der Waals surface area contributed by atoms with Crippen LogP contribution in [0.25, 0.3) is 32.7 Å². The Labute approximate surface area is 170 Å². The van der Waals surface area contributed by atoms with Gasteiger partial charge in [-0.05, 0) is 85.3 Å². The Hall–Kier alpha value is -3.38. The minimum Gasteiger partial charge on any atom is -0.0616 e. The first-order valence-corrected chi connectivity index (χ1v) is 10.5. The second-order valence-corrected chi connectivity index (χ2v) is 8.51. The molecule has 0 bridgehead atoms. The molecule has 0 spiro atoms. The normalized spacial score (nSPS) is 13.8. The van der Waals surface area contributed by atoms with Crippen molar-refractivity contribution in [3.63, 3.8) is 0 Å². The lowest BCUT2D eigenvalue weighted by atomic mass is 9.79. The fourth-order valence-electron chi connectivity index (χ4n) is 5.67. The third-order valence-electron chi connectivity index (χ3n) is 7.01. The Balaban J connectivity index is 1.52. The van der Waals surface area contributed by atoms with E-state index >= 15 is 0 Å². The van der Waals surface area contributed by atoms with Crippen molar-refractivity contribution >= 4 is 21.5 Å². The monoisotopic (exact) mass is 368 g/mol. The first kappa shape index (κ1) is 15.5. The van der Waals surface area contributed by atoms with E-state index in [4.69, 9.17) is 0 Å². The second-order valence-electron chi connectivity index (χ2n) is 8.51. The Kier molecular flexibility index (Phi) is 2.99. The zero-order chi connectivity index (χ0) is 18.9. The van der Waals surface area contributed by atoms with Crippen LogP contribution >= 0.6 is 0 Å². The van der Waals surface area contributed by atoms with Crippen LogP contribution in [0.1, 0.15) is 33.4 Å². The van der Waals surface area contributed by atoms with Gasteiger partial charge in [0.15, 0.2) is 0 Å². The van der Waals surface area contributed by atoms with Crippen molar-refractivity contribution in [2.45, 2.75) is 19.3 Å². The summed E-state index contributed by atoms with van der Waals surface area (Å²) in [7, 11) is 0. The van der Waals surface area contributed by atoms with Crippen LogP contribution in [0.2, 0.25) is 0 Å². The lowest BCUT2D eigenvalue weighted by Crippen LogP contribution is -2.10. The van der Waals surface area contributed by atoms with E-state index in [1.54, 1.807) is 5.56 Å². The smallest absolute Gasteiger partial charge is 0.000764 e. The highest BCUT2D eigenvalue weighted by Gasteiger charge is 2.28. The highest BCUT2D eigenvalue weighted by atomic mass is 14.3. The molecule has 0 aromatic heterocycles. The van der Waals surface area contributed by atoms with Crippen molar-refractivity contribution in [1.82, 2.24) is 0 Å². The van der Waals surface area contributed by atoms with Gasteiger partial charge in [-0.25, -0.2) is 0 Å². The van der Waals surface area contributed by atoms with Crippen molar-refractivity contribution in [3.8, 4) is 11.1 Å². The van der Waals surface area contributed by atoms with E-state index in [1.807, 2.05) is 0 Å². The van der Waals surface area contributed by atoms with Crippen LogP contribution in [-0.2, 0) is 19.3 Å². The van der Waals surface area contributed by atoms with Gasteiger partial charge in [-0.1, -0.05) is 84.9 Å². The molecule has 0 aliphatic heterocycles. The van der Waals surface area contributed by atoms with Gasteiger partial charge >= 0.3 is 0 Å². The minimum atomic E-state index is 1.04. The van der Waals surface area contributed by atoms with E-state index in [-0.39, 0.29) is 0 Å². The van der Waals surface area contributed by atoms with Crippen LogP contribution in [0.5, 0.6) is 0 Å². The molecule has 29 heavy (non-hydrogen) atoms. The predicted molar refractivity (Wildman–Crippen MR) is 122 cm³/mol. The van der Waals surface area contributed by atoms with Gasteiger partial charge in [0.05, 0.1) is 0 Å². The summed E-state index contributed by atoms with van der Waals surface area (Å²) in [6.45, 7) is 0. The van der Waals surface area contributed by atoms with Crippen molar-refractivity contribution in [3.05, 3.63) is 118 Å². The maximum Gasteiger partial charge on any atom is -0.000764 e. The molecular weight excluding hydrogens is 348 g/mol. The Bertz CT molecular complexity index is 1470. The lowest BCUT2D eigenvalue weighted by molar-refractivity contribution is 1.01. The molecule has 5 aromatic carbocycles. The molecular formula is C29H20. The molecule has 0 fully saturated rings. The average molecular weight is 368 g/mol. The molecule has 7 rings (SSSR count). The highest BCUT2D eigenvalue weighted by Crippen LogP contribution is 2.47. The van der Waals surface area contributed by atoms with Crippen LogP contribution < -0.4 is 0 Å². The van der Waals surface area contributed by atoms with Crippen LogP contribution in [0.3, 0.4) is 0 Å². The molecule has 0 heteroatoms. The summed E-state index contributed by atoms with van der Waals surface area (Å²) in [5.41, 5.74) is 12.1. The molecule has 5 aromatic rings. The van der Waals surface area contributed by atoms with E-state index in [0.29, 0.717) is 0 Å². The maximum absolute atomic E-state index is 2.39. The molecule has 0 atom stereocenters. The predicted octanol–water partition coefficient (Wildman–Crippen LogP) is 7.06. The van der Waals surface area contributed by atoms with Gasteiger partial charge in [-0.3, -0.25) is 0 Å². The number of benzene rings is 5. The zero-order valence-corrected chi connectivity index (χ0v) is 16.2. The fraction of sp³-hybridized carbons (Fsp3) is 0.103. The quantitative estimate of drug-likeness (QED) is 0.269. The summed E-state index contributed by atoms with van der Waals surface area (Å²) >= 11 is 0. The number of hydrogen-bond donors (Lipinski definition) is 0. The summed E-state index contributed by atoms with van der Waals surface area (Å²) in [6, 6.07) is 31.8. The Morgan fingerprint density at radius 2 is 0.931 bits per heavy atom. The minimum absolute atomic E-state index is 1.04. The van der Waals surface area contributed by atoms with Crippen LogP contribution in [-0.4, -0.2) is 0 Å². The molecule has 0 amide bonds. The fourth-order valence-corrected chi connectivity index (χ4v) is 5.67. The lowest BCUT2D eigenvalue weighted by Gasteiger charge is -2.24. The van der Waals surface area contributed by atoms with Gasteiger partial charge in [-0.2, -0.15) is 0 Å². The number of hydrogen-bond acceptors (Lipinski definition) is 0. The summed E-state index contributed by atoms with van der Waals surface area (Å²) in [5, 5.41) is 5.52. The Morgan fingerprint density at radius 3 is 1.79 bits per heavy atom. The molecule has 0 saturated carbocycles. The first-order valence-electron chi connectivity index (χ1n) is 10.5. The van der Waals surface area contributed by atoms with E-state index in [9.17, 15) is 0 Å². The third-order valence-corrected chi connectivity index (χ3v) is 7.01. The van der Waals surface area contributed by atoms with Gasteiger partial charge < -0.3 is 0 Å². The van der Waals surface area contributed by atoms with Gasteiger partial charge in [0, 0.05) is 0 Å². The van der Waals surface area contributed by atoms with E-state index in [0.717, 1.165) is 19.3 Å². The van der Waals surface area contributed by atoms with Gasteiger partial charge in [0.1, 0.15) is 0 Å². The molecule has 2 aliphatic rings. The molecule has 0 N–H and O–H groups in total. The summed E-state index contributed by atoms with van der Waals surface area (Å²) in [6.07, 6.45) is 3.14. The van der Waals surface area contributed by atoms with Gasteiger partial charge in [0.25, 0.3) is 0 Å².